The number of hydrogen-bond donors (Lipinski definition) is 1. The van der Waals surface area contributed by atoms with Crippen molar-refractivity contribution >= 4 is 5.91 Å². The van der Waals surface area contributed by atoms with Crippen molar-refractivity contribution in [2.24, 2.45) is 0 Å². The number of benzene rings is 1. The van der Waals surface area contributed by atoms with Gasteiger partial charge < -0.3 is 10.0 Å². The molecule has 0 fully saturated rings. The van der Waals surface area contributed by atoms with Gasteiger partial charge in [-0.3, -0.25) is 4.79 Å². The third-order valence-electron chi connectivity index (χ3n) is 2.26. The van der Waals surface area contributed by atoms with Crippen molar-refractivity contribution in [3.05, 3.63) is 29.6 Å². The minimum atomic E-state index is -4.37. The molecule has 0 bridgehead atoms. The van der Waals surface area contributed by atoms with Crippen LogP contribution in [-0.2, 0) is 0 Å². The van der Waals surface area contributed by atoms with Crippen molar-refractivity contribution in [1.82, 2.24) is 4.90 Å². The number of rotatable bonds is 3. The minimum Gasteiger partial charge on any atom is -0.508 e. The molecule has 0 radical (unpaired) electrons. The molecule has 7 heteroatoms. The van der Waals surface area contributed by atoms with Crippen LogP contribution in [0.3, 0.4) is 0 Å². The molecular formula is C11H11F4NO2. The summed E-state index contributed by atoms with van der Waals surface area (Å²) in [5.74, 6) is -2.20. The SMILES string of the molecule is CN(CCC(F)(F)F)C(=O)c1ccc(O)cc1F. The quantitative estimate of drug-likeness (QED) is 0.853. The molecule has 1 N–H and O–H groups in total. The number of phenols is 1. The van der Waals surface area contributed by atoms with E-state index in [4.69, 9.17) is 5.11 Å². The summed E-state index contributed by atoms with van der Waals surface area (Å²) in [6.07, 6.45) is -5.53. The summed E-state index contributed by atoms with van der Waals surface area (Å²) in [5.41, 5.74) is -0.377. The fourth-order valence-electron chi connectivity index (χ4n) is 1.28. The predicted molar refractivity (Wildman–Crippen MR) is 55.7 cm³/mol. The summed E-state index contributed by atoms with van der Waals surface area (Å²) in [6, 6.07) is 2.84. The van der Waals surface area contributed by atoms with E-state index in [0.717, 1.165) is 30.1 Å². The number of halogens is 4. The van der Waals surface area contributed by atoms with Crippen LogP contribution in [0.2, 0.25) is 0 Å². The monoisotopic (exact) mass is 265 g/mol. The van der Waals surface area contributed by atoms with Crippen molar-refractivity contribution in [3.63, 3.8) is 0 Å². The molecule has 0 atom stereocenters. The molecule has 100 valence electrons. The molecule has 1 amide bonds. The second-order valence-corrected chi connectivity index (χ2v) is 3.76. The number of alkyl halides is 3. The molecular weight excluding hydrogens is 254 g/mol. The number of carbonyl (C=O) groups is 1. The zero-order chi connectivity index (χ0) is 13.9. The Hall–Kier alpha value is -1.79. The number of amides is 1. The molecule has 3 nitrogen and oxygen atoms in total. The second kappa shape index (κ2) is 5.24. The molecule has 0 heterocycles. The Morgan fingerprint density at radius 3 is 2.50 bits per heavy atom. The average molecular weight is 265 g/mol. The predicted octanol–water partition coefficient (Wildman–Crippen LogP) is 2.56. The van der Waals surface area contributed by atoms with Gasteiger partial charge in [0.1, 0.15) is 11.6 Å². The number of aromatic hydroxyl groups is 1. The fraction of sp³-hybridized carbons (Fsp3) is 0.364. The fourth-order valence-corrected chi connectivity index (χ4v) is 1.28. The first kappa shape index (κ1) is 14.3. The molecule has 0 aliphatic heterocycles. The lowest BCUT2D eigenvalue weighted by molar-refractivity contribution is -0.136. The van der Waals surface area contributed by atoms with Crippen LogP contribution in [0.15, 0.2) is 18.2 Å². The Kier molecular flexibility index (Phi) is 4.15. The van der Waals surface area contributed by atoms with E-state index in [1.165, 1.54) is 0 Å². The molecule has 0 saturated heterocycles. The maximum absolute atomic E-state index is 13.3. The van der Waals surface area contributed by atoms with Gasteiger partial charge in [-0.25, -0.2) is 4.39 Å². The molecule has 0 aliphatic carbocycles. The summed E-state index contributed by atoms with van der Waals surface area (Å²) < 4.78 is 49.2. The van der Waals surface area contributed by atoms with Crippen LogP contribution >= 0.6 is 0 Å². The molecule has 0 aromatic heterocycles. The first-order valence-corrected chi connectivity index (χ1v) is 5.01. The van der Waals surface area contributed by atoms with E-state index < -0.39 is 30.9 Å². The van der Waals surface area contributed by atoms with Gasteiger partial charge in [0.15, 0.2) is 0 Å². The van der Waals surface area contributed by atoms with E-state index in [9.17, 15) is 22.4 Å². The molecule has 1 aromatic carbocycles. The van der Waals surface area contributed by atoms with E-state index in [-0.39, 0.29) is 11.3 Å². The highest BCUT2D eigenvalue weighted by Gasteiger charge is 2.28. The van der Waals surface area contributed by atoms with Gasteiger partial charge in [-0.2, -0.15) is 13.2 Å². The summed E-state index contributed by atoms with van der Waals surface area (Å²) >= 11 is 0. The Morgan fingerprint density at radius 1 is 1.39 bits per heavy atom. The van der Waals surface area contributed by atoms with E-state index in [1.807, 2.05) is 0 Å². The third-order valence-corrected chi connectivity index (χ3v) is 2.26. The van der Waals surface area contributed by atoms with E-state index in [1.54, 1.807) is 0 Å². The van der Waals surface area contributed by atoms with E-state index in [0.29, 0.717) is 0 Å². The van der Waals surface area contributed by atoms with Gasteiger partial charge in [-0.15, -0.1) is 0 Å². The number of carbonyl (C=O) groups excluding carboxylic acids is 1. The first-order chi connectivity index (χ1) is 8.20. The maximum atomic E-state index is 13.3. The lowest BCUT2D eigenvalue weighted by Gasteiger charge is -2.18. The first-order valence-electron chi connectivity index (χ1n) is 5.01. The Bertz CT molecular complexity index is 445. The highest BCUT2D eigenvalue weighted by atomic mass is 19.4. The van der Waals surface area contributed by atoms with Crippen molar-refractivity contribution in [2.75, 3.05) is 13.6 Å². The van der Waals surface area contributed by atoms with Gasteiger partial charge in [0, 0.05) is 19.7 Å². The number of hydrogen-bond acceptors (Lipinski definition) is 2. The Morgan fingerprint density at radius 2 is 2.00 bits per heavy atom. The lowest BCUT2D eigenvalue weighted by Crippen LogP contribution is -2.31. The number of phenolic OH excluding ortho intramolecular Hbond substituents is 1. The second-order valence-electron chi connectivity index (χ2n) is 3.76. The van der Waals surface area contributed by atoms with Crippen LogP contribution in [0.4, 0.5) is 17.6 Å². The topological polar surface area (TPSA) is 40.5 Å². The van der Waals surface area contributed by atoms with E-state index in [2.05, 4.69) is 0 Å². The van der Waals surface area contributed by atoms with Crippen molar-refractivity contribution in [3.8, 4) is 5.75 Å². The highest BCUT2D eigenvalue weighted by Crippen LogP contribution is 2.21. The average Bonchev–Trinajstić information content (AvgIpc) is 2.24. The summed E-state index contributed by atoms with van der Waals surface area (Å²) in [6.45, 7) is -0.553. The minimum absolute atomic E-state index is 0.359. The van der Waals surface area contributed by atoms with Crippen molar-refractivity contribution in [2.45, 2.75) is 12.6 Å². The number of nitrogens with zero attached hydrogens (tertiary/aromatic N) is 1. The largest absolute Gasteiger partial charge is 0.508 e. The molecule has 0 unspecified atom stereocenters. The van der Waals surface area contributed by atoms with Gasteiger partial charge in [-0.05, 0) is 12.1 Å². The smallest absolute Gasteiger partial charge is 0.390 e. The lowest BCUT2D eigenvalue weighted by atomic mass is 10.1. The van der Waals surface area contributed by atoms with Crippen molar-refractivity contribution in [1.29, 1.82) is 0 Å². The van der Waals surface area contributed by atoms with Gasteiger partial charge in [-0.1, -0.05) is 0 Å². The van der Waals surface area contributed by atoms with Crippen LogP contribution in [0.5, 0.6) is 5.75 Å². The van der Waals surface area contributed by atoms with Gasteiger partial charge in [0.2, 0.25) is 0 Å². The van der Waals surface area contributed by atoms with Crippen LogP contribution < -0.4 is 0 Å². The van der Waals surface area contributed by atoms with E-state index >= 15 is 0 Å². The van der Waals surface area contributed by atoms with Crippen LogP contribution in [0, 0.1) is 5.82 Å². The zero-order valence-electron chi connectivity index (χ0n) is 9.46. The Labute approximate surface area is 101 Å². The standard InChI is InChI=1S/C11H11F4NO2/c1-16(5-4-11(13,14)15)10(18)8-3-2-7(17)6-9(8)12/h2-3,6,17H,4-5H2,1H3. The van der Waals surface area contributed by atoms with Crippen LogP contribution in [0.25, 0.3) is 0 Å². The van der Waals surface area contributed by atoms with Crippen molar-refractivity contribution < 1.29 is 27.5 Å². The Balaban J connectivity index is 2.74. The molecule has 18 heavy (non-hydrogen) atoms. The van der Waals surface area contributed by atoms with Gasteiger partial charge in [0.25, 0.3) is 5.91 Å². The molecule has 0 saturated carbocycles. The summed E-state index contributed by atoms with van der Waals surface area (Å²) in [5, 5.41) is 8.95. The zero-order valence-corrected chi connectivity index (χ0v) is 9.46. The van der Waals surface area contributed by atoms with Gasteiger partial charge >= 0.3 is 6.18 Å². The molecule has 0 aliphatic rings. The third kappa shape index (κ3) is 3.90. The molecule has 1 rings (SSSR count). The van der Waals surface area contributed by atoms with Crippen LogP contribution in [0.1, 0.15) is 16.8 Å². The highest BCUT2D eigenvalue weighted by molar-refractivity contribution is 5.94. The molecule has 1 aromatic rings. The van der Waals surface area contributed by atoms with Gasteiger partial charge in [0.05, 0.1) is 12.0 Å². The normalized spacial score (nSPS) is 11.4. The summed E-state index contributed by atoms with van der Waals surface area (Å²) in [7, 11) is 1.15. The maximum Gasteiger partial charge on any atom is 0.390 e. The molecule has 0 spiro atoms. The summed E-state index contributed by atoms with van der Waals surface area (Å²) in [4.78, 5) is 12.4. The van der Waals surface area contributed by atoms with Crippen LogP contribution in [-0.4, -0.2) is 35.7 Å².